The van der Waals surface area contributed by atoms with Gasteiger partial charge < -0.3 is 9.47 Å². The van der Waals surface area contributed by atoms with E-state index < -0.39 is 12.1 Å². The lowest BCUT2D eigenvalue weighted by Gasteiger charge is -2.11. The van der Waals surface area contributed by atoms with Crippen LogP contribution < -0.4 is 0 Å². The van der Waals surface area contributed by atoms with Gasteiger partial charge in [-0.15, -0.1) is 0 Å². The highest BCUT2D eigenvalue weighted by molar-refractivity contribution is 5.96. The van der Waals surface area contributed by atoms with E-state index in [-0.39, 0.29) is 12.2 Å². The van der Waals surface area contributed by atoms with Crippen LogP contribution in [0.2, 0.25) is 0 Å². The van der Waals surface area contributed by atoms with Crippen LogP contribution in [0.4, 0.5) is 4.39 Å². The molecular formula is C11H13FO3. The molecule has 0 N–H and O–H groups in total. The predicted molar refractivity (Wildman–Crippen MR) is 53.2 cm³/mol. The topological polar surface area (TPSA) is 35.5 Å². The van der Waals surface area contributed by atoms with E-state index in [9.17, 15) is 9.18 Å². The Labute approximate surface area is 87.8 Å². The minimum Gasteiger partial charge on any atom is -0.355 e. The quantitative estimate of drug-likeness (QED) is 0.553. The monoisotopic (exact) mass is 212 g/mol. The molecule has 1 aromatic carbocycles. The van der Waals surface area contributed by atoms with Gasteiger partial charge in [0.15, 0.2) is 12.1 Å². The van der Waals surface area contributed by atoms with Gasteiger partial charge in [-0.1, -0.05) is 12.1 Å². The Kier molecular flexibility index (Phi) is 4.39. The van der Waals surface area contributed by atoms with Crippen LogP contribution in [0, 0.1) is 5.82 Å². The van der Waals surface area contributed by atoms with Crippen LogP contribution in [0.5, 0.6) is 0 Å². The molecule has 0 amide bonds. The van der Waals surface area contributed by atoms with Crippen LogP contribution in [-0.2, 0) is 9.47 Å². The highest BCUT2D eigenvalue weighted by Gasteiger charge is 2.14. The first-order chi connectivity index (χ1) is 7.17. The average molecular weight is 212 g/mol. The Morgan fingerprint density at radius 2 is 2.07 bits per heavy atom. The molecule has 1 aromatic rings. The number of hydrogen-bond acceptors (Lipinski definition) is 3. The number of methoxy groups -OCH3 is 2. The number of ether oxygens (including phenoxy) is 2. The number of hydrogen-bond donors (Lipinski definition) is 0. The molecule has 82 valence electrons. The third kappa shape index (κ3) is 3.42. The fraction of sp³-hybridized carbons (Fsp3) is 0.364. The molecule has 0 fully saturated rings. The summed E-state index contributed by atoms with van der Waals surface area (Å²) in [6, 6.07) is 5.55. The van der Waals surface area contributed by atoms with E-state index in [1.807, 2.05) is 0 Å². The Morgan fingerprint density at radius 1 is 1.40 bits per heavy atom. The van der Waals surface area contributed by atoms with E-state index in [2.05, 4.69) is 0 Å². The van der Waals surface area contributed by atoms with Crippen molar-refractivity contribution in [3.8, 4) is 0 Å². The number of Topliss-reactive ketones (excluding diaryl/α,β-unsaturated/α-hetero) is 1. The molecule has 0 saturated heterocycles. The van der Waals surface area contributed by atoms with Crippen LogP contribution >= 0.6 is 0 Å². The predicted octanol–water partition coefficient (Wildman–Crippen LogP) is 2.02. The van der Waals surface area contributed by atoms with E-state index >= 15 is 0 Å². The number of carbonyl (C=O) groups is 1. The van der Waals surface area contributed by atoms with E-state index in [0.29, 0.717) is 5.56 Å². The molecule has 0 unspecified atom stereocenters. The van der Waals surface area contributed by atoms with E-state index in [4.69, 9.17) is 9.47 Å². The molecule has 0 aliphatic heterocycles. The fourth-order valence-electron chi connectivity index (χ4n) is 1.19. The molecule has 0 atom stereocenters. The molecule has 15 heavy (non-hydrogen) atoms. The molecule has 0 bridgehead atoms. The Bertz CT molecular complexity index is 334. The zero-order valence-corrected chi connectivity index (χ0v) is 8.70. The van der Waals surface area contributed by atoms with E-state index in [1.54, 1.807) is 6.07 Å². The van der Waals surface area contributed by atoms with Crippen molar-refractivity contribution >= 4 is 5.78 Å². The number of halogens is 1. The second kappa shape index (κ2) is 5.58. The molecule has 1 rings (SSSR count). The Balaban J connectivity index is 2.68. The van der Waals surface area contributed by atoms with Gasteiger partial charge in [0.1, 0.15) is 5.82 Å². The van der Waals surface area contributed by atoms with Gasteiger partial charge in [0.2, 0.25) is 0 Å². The number of ketones is 1. The minimum absolute atomic E-state index is 0.0798. The zero-order chi connectivity index (χ0) is 11.3. The summed E-state index contributed by atoms with van der Waals surface area (Å²) < 4.78 is 22.6. The van der Waals surface area contributed by atoms with Gasteiger partial charge in [0.05, 0.1) is 6.42 Å². The summed E-state index contributed by atoms with van der Waals surface area (Å²) >= 11 is 0. The highest BCUT2D eigenvalue weighted by atomic mass is 19.1. The maximum absolute atomic E-state index is 12.8. The first kappa shape index (κ1) is 11.8. The summed E-state index contributed by atoms with van der Waals surface area (Å²) in [7, 11) is 2.90. The Hall–Kier alpha value is -1.26. The van der Waals surface area contributed by atoms with Crippen molar-refractivity contribution in [2.45, 2.75) is 12.7 Å². The van der Waals surface area contributed by atoms with Crippen LogP contribution in [0.1, 0.15) is 16.8 Å². The minimum atomic E-state index is -0.583. The SMILES string of the molecule is COC(CC(=O)c1cccc(F)c1)OC. The van der Waals surface area contributed by atoms with Crippen LogP contribution in [-0.4, -0.2) is 26.3 Å². The standard InChI is InChI=1S/C11H13FO3/c1-14-11(15-2)7-10(13)8-4-3-5-9(12)6-8/h3-6,11H,7H2,1-2H3. The molecule has 0 aromatic heterocycles. The summed E-state index contributed by atoms with van der Waals surface area (Å²) in [4.78, 5) is 11.6. The van der Waals surface area contributed by atoms with Crippen LogP contribution in [0.15, 0.2) is 24.3 Å². The van der Waals surface area contributed by atoms with Crippen LogP contribution in [0.3, 0.4) is 0 Å². The van der Waals surface area contributed by atoms with Gasteiger partial charge >= 0.3 is 0 Å². The number of benzene rings is 1. The lowest BCUT2D eigenvalue weighted by Crippen LogP contribution is -2.18. The van der Waals surface area contributed by atoms with Crippen molar-refractivity contribution in [2.75, 3.05) is 14.2 Å². The van der Waals surface area contributed by atoms with Gasteiger partial charge in [-0.25, -0.2) is 4.39 Å². The lowest BCUT2D eigenvalue weighted by molar-refractivity contribution is -0.0993. The fourth-order valence-corrected chi connectivity index (χ4v) is 1.19. The van der Waals surface area contributed by atoms with Gasteiger partial charge in [-0.05, 0) is 12.1 Å². The van der Waals surface area contributed by atoms with Crippen LogP contribution in [0.25, 0.3) is 0 Å². The Morgan fingerprint density at radius 3 is 2.60 bits per heavy atom. The molecule has 0 spiro atoms. The van der Waals surface area contributed by atoms with Crippen molar-refractivity contribution in [3.05, 3.63) is 35.6 Å². The molecule has 3 nitrogen and oxygen atoms in total. The van der Waals surface area contributed by atoms with E-state index in [1.165, 1.54) is 32.4 Å². The molecule has 4 heteroatoms. The second-order valence-corrected chi connectivity index (χ2v) is 3.04. The van der Waals surface area contributed by atoms with Gasteiger partial charge in [0, 0.05) is 19.8 Å². The first-order valence-electron chi connectivity index (χ1n) is 4.51. The molecule has 0 aliphatic carbocycles. The van der Waals surface area contributed by atoms with Crippen molar-refractivity contribution in [3.63, 3.8) is 0 Å². The smallest absolute Gasteiger partial charge is 0.168 e. The number of rotatable bonds is 5. The average Bonchev–Trinajstić information content (AvgIpc) is 2.25. The summed E-state index contributed by atoms with van der Waals surface area (Å²) in [6.07, 6.45) is -0.503. The van der Waals surface area contributed by atoms with Crippen molar-refractivity contribution in [2.24, 2.45) is 0 Å². The molecule has 0 heterocycles. The van der Waals surface area contributed by atoms with Gasteiger partial charge in [0.25, 0.3) is 0 Å². The van der Waals surface area contributed by atoms with E-state index in [0.717, 1.165) is 0 Å². The summed E-state index contributed by atoms with van der Waals surface area (Å²) in [6.45, 7) is 0. The normalized spacial score (nSPS) is 10.7. The third-order valence-electron chi connectivity index (χ3n) is 2.02. The van der Waals surface area contributed by atoms with Gasteiger partial charge in [-0.3, -0.25) is 4.79 Å². The molecule has 0 saturated carbocycles. The summed E-state index contributed by atoms with van der Waals surface area (Å²) in [5.74, 6) is -0.629. The first-order valence-corrected chi connectivity index (χ1v) is 4.51. The summed E-state index contributed by atoms with van der Waals surface area (Å²) in [5, 5.41) is 0. The van der Waals surface area contributed by atoms with Crippen molar-refractivity contribution < 1.29 is 18.7 Å². The zero-order valence-electron chi connectivity index (χ0n) is 8.70. The maximum Gasteiger partial charge on any atom is 0.168 e. The highest BCUT2D eigenvalue weighted by Crippen LogP contribution is 2.09. The largest absolute Gasteiger partial charge is 0.355 e. The second-order valence-electron chi connectivity index (χ2n) is 3.04. The van der Waals surface area contributed by atoms with Crippen molar-refractivity contribution in [1.29, 1.82) is 0 Å². The molecular weight excluding hydrogens is 199 g/mol. The third-order valence-corrected chi connectivity index (χ3v) is 2.02. The van der Waals surface area contributed by atoms with Crippen molar-refractivity contribution in [1.82, 2.24) is 0 Å². The molecule has 0 aliphatic rings. The lowest BCUT2D eigenvalue weighted by atomic mass is 10.1. The summed E-state index contributed by atoms with van der Waals surface area (Å²) in [5.41, 5.74) is 0.328. The number of carbonyl (C=O) groups excluding carboxylic acids is 1. The van der Waals surface area contributed by atoms with Gasteiger partial charge in [-0.2, -0.15) is 0 Å². The maximum atomic E-state index is 12.8. The molecule has 0 radical (unpaired) electrons.